The number of fused-ring (bicyclic) bond motifs is 3. The van der Waals surface area contributed by atoms with Crippen molar-refractivity contribution in [2.45, 2.75) is 37.0 Å². The van der Waals surface area contributed by atoms with E-state index in [1.165, 1.54) is 36.2 Å². The summed E-state index contributed by atoms with van der Waals surface area (Å²) in [7, 11) is -3.68. The highest BCUT2D eigenvalue weighted by Gasteiger charge is 2.16. The van der Waals surface area contributed by atoms with Gasteiger partial charge < -0.3 is 10.3 Å². The van der Waals surface area contributed by atoms with E-state index in [0.717, 1.165) is 29.3 Å². The Hall–Kier alpha value is -2.64. The number of aromatic nitrogens is 1. The molecule has 146 valence electrons. The first-order chi connectivity index (χ1) is 13.4. The van der Waals surface area contributed by atoms with Crippen molar-refractivity contribution in [1.82, 2.24) is 10.3 Å². The molecule has 1 aliphatic rings. The van der Waals surface area contributed by atoms with Crippen molar-refractivity contribution < 1.29 is 13.2 Å². The minimum atomic E-state index is -3.68. The molecular weight excluding hydrogens is 374 g/mol. The number of primary sulfonamides is 1. The summed E-state index contributed by atoms with van der Waals surface area (Å²) >= 11 is 0. The number of benzene rings is 2. The average Bonchev–Trinajstić information content (AvgIpc) is 3.05. The van der Waals surface area contributed by atoms with Crippen molar-refractivity contribution in [2.24, 2.45) is 5.14 Å². The molecular formula is C21H23N3O3S. The average molecular weight is 398 g/mol. The summed E-state index contributed by atoms with van der Waals surface area (Å²) < 4.78 is 22.6. The molecule has 28 heavy (non-hydrogen) atoms. The lowest BCUT2D eigenvalue weighted by atomic mass is 9.95. The maximum atomic E-state index is 12.5. The van der Waals surface area contributed by atoms with Gasteiger partial charge in [-0.1, -0.05) is 12.1 Å². The van der Waals surface area contributed by atoms with Crippen LogP contribution in [0.4, 0.5) is 0 Å². The molecule has 0 unspecified atom stereocenters. The molecule has 0 spiro atoms. The molecule has 0 fully saturated rings. The van der Waals surface area contributed by atoms with Gasteiger partial charge in [0.05, 0.1) is 4.90 Å². The summed E-state index contributed by atoms with van der Waals surface area (Å²) in [5.41, 5.74) is 5.35. The lowest BCUT2D eigenvalue weighted by Gasteiger charge is -2.10. The number of carbonyl (C=O) groups excluding carboxylic acids is 1. The van der Waals surface area contributed by atoms with Gasteiger partial charge in [-0.15, -0.1) is 0 Å². The second-order valence-electron chi connectivity index (χ2n) is 7.24. The zero-order valence-electron chi connectivity index (χ0n) is 15.5. The molecule has 0 aliphatic heterocycles. The van der Waals surface area contributed by atoms with Gasteiger partial charge in [-0.3, -0.25) is 4.79 Å². The van der Waals surface area contributed by atoms with Crippen LogP contribution in [-0.2, 0) is 29.3 Å². The number of hydrogen-bond acceptors (Lipinski definition) is 3. The number of H-pyrrole nitrogens is 1. The smallest absolute Gasteiger partial charge is 0.251 e. The number of hydrogen-bond donors (Lipinski definition) is 3. The van der Waals surface area contributed by atoms with Crippen LogP contribution in [0.5, 0.6) is 0 Å². The third-order valence-corrected chi connectivity index (χ3v) is 6.24. The quantitative estimate of drug-likeness (QED) is 0.616. The molecule has 1 heterocycles. The fourth-order valence-corrected chi connectivity index (χ4v) is 4.33. The van der Waals surface area contributed by atoms with Crippen LogP contribution >= 0.6 is 0 Å². The van der Waals surface area contributed by atoms with E-state index < -0.39 is 10.0 Å². The van der Waals surface area contributed by atoms with E-state index in [1.54, 1.807) is 12.1 Å². The zero-order valence-corrected chi connectivity index (χ0v) is 16.3. The molecule has 0 saturated carbocycles. The lowest BCUT2D eigenvalue weighted by Crippen LogP contribution is -2.25. The topological polar surface area (TPSA) is 105 Å². The Morgan fingerprint density at radius 1 is 1.07 bits per heavy atom. The van der Waals surface area contributed by atoms with Crippen molar-refractivity contribution in [2.75, 3.05) is 6.54 Å². The summed E-state index contributed by atoms with van der Waals surface area (Å²) in [4.78, 5) is 16.1. The Labute approximate surface area is 164 Å². The summed E-state index contributed by atoms with van der Waals surface area (Å²) in [6.45, 7) is 0.469. The molecule has 3 aromatic rings. The molecule has 1 aliphatic carbocycles. The van der Waals surface area contributed by atoms with Crippen molar-refractivity contribution >= 4 is 26.8 Å². The van der Waals surface area contributed by atoms with E-state index in [9.17, 15) is 13.2 Å². The molecule has 2 aromatic carbocycles. The largest absolute Gasteiger partial charge is 0.358 e. The Balaban J connectivity index is 1.41. The third-order valence-electron chi connectivity index (χ3n) is 5.31. The SMILES string of the molecule is NS(=O)(=O)c1ccc(CCNC(=O)c2ccc3[nH]c4c(c3c2)CCCC4)cc1. The normalized spacial score (nSPS) is 14.0. The summed E-state index contributed by atoms with van der Waals surface area (Å²) in [5.74, 6) is -0.103. The van der Waals surface area contributed by atoms with Gasteiger partial charge in [-0.25, -0.2) is 13.6 Å². The monoisotopic (exact) mass is 397 g/mol. The fraction of sp³-hybridized carbons (Fsp3) is 0.286. The summed E-state index contributed by atoms with van der Waals surface area (Å²) in [5, 5.41) is 9.19. The van der Waals surface area contributed by atoms with Gasteiger partial charge >= 0.3 is 0 Å². The predicted molar refractivity (Wildman–Crippen MR) is 109 cm³/mol. The van der Waals surface area contributed by atoms with E-state index in [-0.39, 0.29) is 10.8 Å². The molecule has 0 radical (unpaired) electrons. The van der Waals surface area contributed by atoms with Gasteiger partial charge in [0.25, 0.3) is 5.91 Å². The van der Waals surface area contributed by atoms with Crippen LogP contribution in [0, 0.1) is 0 Å². The van der Waals surface area contributed by atoms with Crippen molar-refractivity contribution in [3.05, 3.63) is 64.8 Å². The van der Waals surface area contributed by atoms with Crippen LogP contribution in [0.2, 0.25) is 0 Å². The van der Waals surface area contributed by atoms with Crippen molar-refractivity contribution in [3.63, 3.8) is 0 Å². The molecule has 1 aromatic heterocycles. The number of rotatable bonds is 5. The summed E-state index contributed by atoms with van der Waals surface area (Å²) in [6.07, 6.45) is 5.16. The van der Waals surface area contributed by atoms with Crippen LogP contribution < -0.4 is 10.5 Å². The number of nitrogens with one attached hydrogen (secondary N) is 2. The van der Waals surface area contributed by atoms with Gasteiger partial charge in [0.2, 0.25) is 10.0 Å². The van der Waals surface area contributed by atoms with Crippen molar-refractivity contribution in [1.29, 1.82) is 0 Å². The molecule has 0 bridgehead atoms. The highest BCUT2D eigenvalue weighted by molar-refractivity contribution is 7.89. The number of sulfonamides is 1. The molecule has 0 atom stereocenters. The second-order valence-corrected chi connectivity index (χ2v) is 8.81. The molecule has 4 N–H and O–H groups in total. The zero-order chi connectivity index (χ0) is 19.7. The second kappa shape index (κ2) is 7.41. The molecule has 4 rings (SSSR count). The Morgan fingerprint density at radius 3 is 2.57 bits per heavy atom. The Bertz CT molecular complexity index is 1130. The Morgan fingerprint density at radius 2 is 1.82 bits per heavy atom. The van der Waals surface area contributed by atoms with Crippen LogP contribution in [0.25, 0.3) is 10.9 Å². The first-order valence-electron chi connectivity index (χ1n) is 9.45. The fourth-order valence-electron chi connectivity index (χ4n) is 3.82. The van der Waals surface area contributed by atoms with Crippen LogP contribution in [0.3, 0.4) is 0 Å². The number of nitrogens with two attached hydrogens (primary N) is 1. The molecule has 1 amide bonds. The van der Waals surface area contributed by atoms with E-state index in [1.807, 2.05) is 18.2 Å². The molecule has 6 nitrogen and oxygen atoms in total. The first-order valence-corrected chi connectivity index (χ1v) is 11.0. The van der Waals surface area contributed by atoms with Gasteiger partial charge in [0, 0.05) is 28.7 Å². The van der Waals surface area contributed by atoms with Crippen LogP contribution in [0.1, 0.15) is 40.0 Å². The van der Waals surface area contributed by atoms with Crippen LogP contribution in [0.15, 0.2) is 47.4 Å². The summed E-state index contributed by atoms with van der Waals surface area (Å²) in [6, 6.07) is 12.2. The molecule has 7 heteroatoms. The third kappa shape index (κ3) is 3.81. The minimum absolute atomic E-state index is 0.0865. The van der Waals surface area contributed by atoms with E-state index >= 15 is 0 Å². The number of aromatic amines is 1. The van der Waals surface area contributed by atoms with Gasteiger partial charge in [0.1, 0.15) is 0 Å². The van der Waals surface area contributed by atoms with Gasteiger partial charge in [-0.2, -0.15) is 0 Å². The molecule has 0 saturated heterocycles. The first kappa shape index (κ1) is 18.7. The maximum Gasteiger partial charge on any atom is 0.251 e. The van der Waals surface area contributed by atoms with E-state index in [2.05, 4.69) is 10.3 Å². The van der Waals surface area contributed by atoms with Crippen molar-refractivity contribution in [3.8, 4) is 0 Å². The van der Waals surface area contributed by atoms with E-state index in [0.29, 0.717) is 18.5 Å². The lowest BCUT2D eigenvalue weighted by molar-refractivity contribution is 0.0954. The van der Waals surface area contributed by atoms with E-state index in [4.69, 9.17) is 5.14 Å². The predicted octanol–water partition coefficient (Wildman–Crippen LogP) is 2.67. The standard InChI is InChI=1S/C21H23N3O3S/c22-28(26,27)16-8-5-14(6-9-16)11-12-23-21(25)15-7-10-20-18(13-15)17-3-1-2-4-19(17)24-20/h5-10,13,24H,1-4,11-12H2,(H,23,25)(H2,22,26,27). The number of carbonyl (C=O) groups is 1. The maximum absolute atomic E-state index is 12.5. The highest BCUT2D eigenvalue weighted by atomic mass is 32.2. The van der Waals surface area contributed by atoms with Gasteiger partial charge in [-0.05, 0) is 73.6 Å². The Kier molecular flexibility index (Phi) is 4.95. The highest BCUT2D eigenvalue weighted by Crippen LogP contribution is 2.29. The van der Waals surface area contributed by atoms with Gasteiger partial charge in [0.15, 0.2) is 0 Å². The minimum Gasteiger partial charge on any atom is -0.358 e. The van der Waals surface area contributed by atoms with Crippen LogP contribution in [-0.4, -0.2) is 25.9 Å². The number of amides is 1. The number of aryl methyl sites for hydroxylation is 2.